The van der Waals surface area contributed by atoms with E-state index in [0.717, 1.165) is 38.5 Å². The molecule has 0 bridgehead atoms. The van der Waals surface area contributed by atoms with Crippen molar-refractivity contribution in [2.24, 2.45) is 23.2 Å². The average molecular weight is 426 g/mol. The number of phenols is 1. The van der Waals surface area contributed by atoms with Gasteiger partial charge < -0.3 is 14.7 Å². The first-order chi connectivity index (χ1) is 15.0. The molecule has 1 aliphatic heterocycles. The van der Waals surface area contributed by atoms with Crippen LogP contribution in [0.2, 0.25) is 0 Å². The predicted octanol–water partition coefficient (Wildman–Crippen LogP) is 4.07. The third-order valence-electron chi connectivity index (χ3n) is 8.88. The first kappa shape index (κ1) is 21.0. The molecule has 1 heterocycles. The molecule has 3 fully saturated rings. The lowest BCUT2D eigenvalue weighted by Gasteiger charge is -2.50. The van der Waals surface area contributed by atoms with Crippen LogP contribution >= 0.6 is 0 Å². The van der Waals surface area contributed by atoms with E-state index < -0.39 is 0 Å². The lowest BCUT2D eigenvalue weighted by molar-refractivity contribution is -0.135. The van der Waals surface area contributed by atoms with Gasteiger partial charge in [-0.3, -0.25) is 9.59 Å². The van der Waals surface area contributed by atoms with Crippen molar-refractivity contribution < 1.29 is 19.4 Å². The number of hydrogen-bond acceptors (Lipinski definition) is 4. The van der Waals surface area contributed by atoms with Gasteiger partial charge in [0.25, 0.3) is 0 Å². The normalized spacial score (nSPS) is 34.7. The summed E-state index contributed by atoms with van der Waals surface area (Å²) in [6.45, 7) is 4.93. The number of carbonyl (C=O) groups is 2. The highest BCUT2D eigenvalue weighted by Crippen LogP contribution is 2.62. The predicted molar refractivity (Wildman–Crippen MR) is 118 cm³/mol. The van der Waals surface area contributed by atoms with Crippen molar-refractivity contribution in [3.8, 4) is 5.75 Å². The van der Waals surface area contributed by atoms with Crippen LogP contribution in [0.15, 0.2) is 18.2 Å². The Hall–Kier alpha value is -1.88. The molecule has 1 aromatic carbocycles. The van der Waals surface area contributed by atoms with Gasteiger partial charge in [-0.05, 0) is 85.5 Å². The van der Waals surface area contributed by atoms with Gasteiger partial charge in [0.05, 0.1) is 13.2 Å². The molecule has 5 atom stereocenters. The van der Waals surface area contributed by atoms with Crippen molar-refractivity contribution in [3.05, 3.63) is 29.3 Å². The zero-order valence-electron chi connectivity index (χ0n) is 18.6. The van der Waals surface area contributed by atoms with Gasteiger partial charge in [0, 0.05) is 31.3 Å². The molecule has 4 aliphatic rings. The number of rotatable bonds is 4. The minimum absolute atomic E-state index is 0.186. The molecular formula is C26H35NO4. The molecule has 1 amide bonds. The van der Waals surface area contributed by atoms with Crippen molar-refractivity contribution in [2.75, 3.05) is 26.3 Å². The number of morpholine rings is 1. The molecule has 2 saturated carbocycles. The van der Waals surface area contributed by atoms with Crippen LogP contribution < -0.4 is 0 Å². The summed E-state index contributed by atoms with van der Waals surface area (Å²) in [7, 11) is 0. The summed E-state index contributed by atoms with van der Waals surface area (Å²) in [6, 6.07) is 5.88. The standard InChI is InChI=1S/C26H35NO4/c1-26-10-9-21-20-8-6-19(28)15-17(20)5-7-22(21)25(26)18(16-23(26)29)3-2-4-24(30)27-11-13-31-14-12-27/h6,8,15,18,21-22,25,28H,2-5,7,9-14,16H2,1H3/t18-,21-,22-,25+,26-/m1/s1. The van der Waals surface area contributed by atoms with Gasteiger partial charge in [-0.15, -0.1) is 0 Å². The summed E-state index contributed by atoms with van der Waals surface area (Å²) < 4.78 is 5.35. The van der Waals surface area contributed by atoms with E-state index in [2.05, 4.69) is 13.0 Å². The number of aromatic hydroxyl groups is 1. The summed E-state index contributed by atoms with van der Waals surface area (Å²) in [5, 5.41) is 9.91. The van der Waals surface area contributed by atoms with Crippen molar-refractivity contribution in [1.29, 1.82) is 0 Å². The lowest BCUT2D eigenvalue weighted by Crippen LogP contribution is -2.44. The van der Waals surface area contributed by atoms with Crippen LogP contribution in [0.1, 0.15) is 68.9 Å². The molecule has 5 rings (SSSR count). The van der Waals surface area contributed by atoms with E-state index in [-0.39, 0.29) is 11.3 Å². The number of hydrogen-bond donors (Lipinski definition) is 1. The van der Waals surface area contributed by atoms with E-state index in [1.807, 2.05) is 17.0 Å². The van der Waals surface area contributed by atoms with E-state index in [1.54, 1.807) is 0 Å². The Morgan fingerprint density at radius 2 is 2.06 bits per heavy atom. The zero-order valence-corrected chi connectivity index (χ0v) is 18.6. The van der Waals surface area contributed by atoms with Gasteiger partial charge in [-0.25, -0.2) is 0 Å². The lowest BCUT2D eigenvalue weighted by atomic mass is 9.54. The first-order valence-electron chi connectivity index (χ1n) is 12.2. The van der Waals surface area contributed by atoms with Gasteiger partial charge in [-0.1, -0.05) is 13.0 Å². The van der Waals surface area contributed by atoms with Gasteiger partial charge in [0.15, 0.2) is 0 Å². The third-order valence-corrected chi connectivity index (χ3v) is 8.88. The molecule has 168 valence electrons. The molecule has 31 heavy (non-hydrogen) atoms. The molecule has 1 saturated heterocycles. The van der Waals surface area contributed by atoms with Crippen LogP contribution in [0.5, 0.6) is 5.75 Å². The Balaban J connectivity index is 1.29. The molecular weight excluding hydrogens is 390 g/mol. The second kappa shape index (κ2) is 8.23. The maximum atomic E-state index is 13.1. The topological polar surface area (TPSA) is 66.8 Å². The minimum atomic E-state index is -0.186. The van der Waals surface area contributed by atoms with Crippen LogP contribution in [0, 0.1) is 23.2 Å². The van der Waals surface area contributed by atoms with E-state index in [4.69, 9.17) is 4.74 Å². The van der Waals surface area contributed by atoms with Crippen LogP contribution in [0.3, 0.4) is 0 Å². The molecule has 1 aromatic rings. The fourth-order valence-corrected chi connectivity index (χ4v) is 7.38. The number of amides is 1. The fourth-order valence-electron chi connectivity index (χ4n) is 7.38. The Bertz CT molecular complexity index is 861. The monoisotopic (exact) mass is 425 g/mol. The SMILES string of the molecule is C[C@]12CC[C@@H]3c4ccc(O)cc4CC[C@H]3[C@@H]1[C@H](CCCC(=O)N1CCOCC1)CC2=O. The third kappa shape index (κ3) is 3.69. The summed E-state index contributed by atoms with van der Waals surface area (Å²) in [5.41, 5.74) is 2.51. The first-order valence-corrected chi connectivity index (χ1v) is 12.2. The summed E-state index contributed by atoms with van der Waals surface area (Å²) in [4.78, 5) is 27.6. The molecule has 0 spiro atoms. The van der Waals surface area contributed by atoms with E-state index in [0.29, 0.717) is 74.3 Å². The zero-order chi connectivity index (χ0) is 21.6. The highest BCUT2D eigenvalue weighted by molar-refractivity contribution is 5.87. The molecule has 3 aliphatic carbocycles. The van der Waals surface area contributed by atoms with Gasteiger partial charge in [-0.2, -0.15) is 0 Å². The largest absolute Gasteiger partial charge is 0.508 e. The number of benzene rings is 1. The smallest absolute Gasteiger partial charge is 0.222 e. The van der Waals surface area contributed by atoms with Crippen LogP contribution in [0.25, 0.3) is 0 Å². The molecule has 0 radical (unpaired) electrons. The number of ketones is 1. The number of phenolic OH excluding ortho intramolecular Hbond substituents is 1. The fraction of sp³-hybridized carbons (Fsp3) is 0.692. The quantitative estimate of drug-likeness (QED) is 0.790. The number of carbonyl (C=O) groups excluding carboxylic acids is 2. The Kier molecular flexibility index (Phi) is 5.58. The van der Waals surface area contributed by atoms with Crippen molar-refractivity contribution >= 4 is 11.7 Å². The van der Waals surface area contributed by atoms with Crippen LogP contribution in [-0.4, -0.2) is 48.0 Å². The highest BCUT2D eigenvalue weighted by Gasteiger charge is 2.58. The summed E-state index contributed by atoms with van der Waals surface area (Å²) >= 11 is 0. The Morgan fingerprint density at radius 3 is 2.87 bits per heavy atom. The second-order valence-corrected chi connectivity index (χ2v) is 10.4. The van der Waals surface area contributed by atoms with E-state index in [9.17, 15) is 14.7 Å². The van der Waals surface area contributed by atoms with Crippen molar-refractivity contribution in [2.45, 2.75) is 64.2 Å². The van der Waals surface area contributed by atoms with Gasteiger partial charge in [0.2, 0.25) is 5.91 Å². The molecule has 1 N–H and O–H groups in total. The molecule has 5 nitrogen and oxygen atoms in total. The van der Waals surface area contributed by atoms with Gasteiger partial charge >= 0.3 is 0 Å². The molecule has 0 aromatic heterocycles. The number of ether oxygens (including phenoxy) is 1. The maximum absolute atomic E-state index is 13.1. The maximum Gasteiger partial charge on any atom is 0.222 e. The highest BCUT2D eigenvalue weighted by atomic mass is 16.5. The Morgan fingerprint density at radius 1 is 1.26 bits per heavy atom. The number of fused-ring (bicyclic) bond motifs is 5. The van der Waals surface area contributed by atoms with Crippen molar-refractivity contribution in [3.63, 3.8) is 0 Å². The molecule has 0 unspecified atom stereocenters. The Labute approximate surface area is 185 Å². The van der Waals surface area contributed by atoms with Crippen LogP contribution in [0.4, 0.5) is 0 Å². The van der Waals surface area contributed by atoms with Crippen LogP contribution in [-0.2, 0) is 20.7 Å². The number of Topliss-reactive ketones (excluding diaryl/α,β-unsaturated/α-hetero) is 1. The van der Waals surface area contributed by atoms with E-state index in [1.165, 1.54) is 11.1 Å². The van der Waals surface area contributed by atoms with Crippen molar-refractivity contribution in [1.82, 2.24) is 4.90 Å². The number of nitrogens with zero attached hydrogens (tertiary/aromatic N) is 1. The second-order valence-electron chi connectivity index (χ2n) is 10.4. The molecule has 5 heteroatoms. The average Bonchev–Trinajstić information content (AvgIpc) is 3.04. The summed E-state index contributed by atoms with van der Waals surface area (Å²) in [5.74, 6) is 2.94. The summed E-state index contributed by atoms with van der Waals surface area (Å²) in [6.07, 6.45) is 7.29. The number of aryl methyl sites for hydroxylation is 1. The minimum Gasteiger partial charge on any atom is -0.508 e. The van der Waals surface area contributed by atoms with Gasteiger partial charge in [0.1, 0.15) is 11.5 Å². The van der Waals surface area contributed by atoms with E-state index >= 15 is 0 Å².